The van der Waals surface area contributed by atoms with E-state index in [-0.39, 0.29) is 32.0 Å². The molecule has 1 N–H and O–H groups in total. The lowest BCUT2D eigenvalue weighted by molar-refractivity contribution is -0.870. The van der Waals surface area contributed by atoms with E-state index < -0.39 is 26.5 Å². The van der Waals surface area contributed by atoms with Gasteiger partial charge in [0.25, 0.3) is 0 Å². The fourth-order valence-corrected chi connectivity index (χ4v) is 10.1. The number of esters is 2. The fourth-order valence-electron chi connectivity index (χ4n) is 9.40. The number of hydrogen-bond acceptors (Lipinski definition) is 7. The van der Waals surface area contributed by atoms with Crippen LogP contribution in [0.2, 0.25) is 0 Å². The Morgan fingerprint density at radius 3 is 1.05 bits per heavy atom. The van der Waals surface area contributed by atoms with Crippen molar-refractivity contribution in [3.63, 3.8) is 0 Å². The predicted molar refractivity (Wildman–Crippen MR) is 353 cm³/mol. The zero-order chi connectivity index (χ0) is 59.8. The highest BCUT2D eigenvalue weighted by Crippen LogP contribution is 2.43. The number of allylic oxidation sites excluding steroid dienone is 16. The second kappa shape index (κ2) is 62.5. The molecule has 0 amide bonds. The van der Waals surface area contributed by atoms with Gasteiger partial charge in [-0.3, -0.25) is 18.6 Å². The minimum absolute atomic E-state index is 0.0295. The van der Waals surface area contributed by atoms with Crippen molar-refractivity contribution >= 4 is 19.8 Å². The van der Waals surface area contributed by atoms with Crippen LogP contribution in [0.25, 0.3) is 0 Å². The fraction of sp³-hybridized carbons (Fsp3) is 0.750. The Balaban J connectivity index is 4.04. The Hall–Kier alpha value is -3.07. The number of phosphoric ester groups is 1. The number of likely N-dealkylation sites (N-methyl/N-ethyl adjacent to an activating group) is 1. The molecule has 10 heteroatoms. The van der Waals surface area contributed by atoms with Crippen LogP contribution in [-0.4, -0.2) is 74.9 Å². The summed E-state index contributed by atoms with van der Waals surface area (Å²) in [6.07, 6.45) is 86.4. The van der Waals surface area contributed by atoms with Gasteiger partial charge in [0, 0.05) is 12.8 Å². The number of carbonyl (C=O) groups excluding carboxylic acids is 2. The van der Waals surface area contributed by atoms with Gasteiger partial charge in [-0.05, 0) is 96.3 Å². The lowest BCUT2D eigenvalue weighted by atomic mass is 10.0. The zero-order valence-corrected chi connectivity index (χ0v) is 54.8. The lowest BCUT2D eigenvalue weighted by Crippen LogP contribution is -2.37. The number of quaternary nitrogens is 1. The molecule has 2 unspecified atom stereocenters. The first-order chi connectivity index (χ1) is 40.0. The minimum Gasteiger partial charge on any atom is -0.462 e. The molecule has 0 rings (SSSR count). The Bertz CT molecular complexity index is 1710. The predicted octanol–water partition coefficient (Wildman–Crippen LogP) is 21.9. The number of ether oxygens (including phenoxy) is 2. The summed E-state index contributed by atoms with van der Waals surface area (Å²) in [5.74, 6) is -0.793. The van der Waals surface area contributed by atoms with Crippen LogP contribution in [0.4, 0.5) is 0 Å². The molecule has 0 heterocycles. The van der Waals surface area contributed by atoms with Gasteiger partial charge >= 0.3 is 19.8 Å². The molecule has 0 aliphatic rings. The number of unbranched alkanes of at least 4 members (excludes halogenated alkanes) is 32. The molecule has 0 radical (unpaired) electrons. The molecule has 0 aliphatic heterocycles. The lowest BCUT2D eigenvalue weighted by Gasteiger charge is -2.24. The smallest absolute Gasteiger partial charge is 0.462 e. The van der Waals surface area contributed by atoms with E-state index in [1.54, 1.807) is 0 Å². The number of rotatable bonds is 62. The van der Waals surface area contributed by atoms with Crippen molar-refractivity contribution in [2.75, 3.05) is 47.5 Å². The highest BCUT2D eigenvalue weighted by atomic mass is 31.2. The van der Waals surface area contributed by atoms with Crippen LogP contribution < -0.4 is 0 Å². The van der Waals surface area contributed by atoms with Crippen molar-refractivity contribution < 1.29 is 42.1 Å². The molecule has 0 fully saturated rings. The third-order valence-corrected chi connectivity index (χ3v) is 15.6. The first-order valence-corrected chi connectivity index (χ1v) is 35.5. The largest absolute Gasteiger partial charge is 0.472 e. The number of phosphoric acid groups is 1. The number of hydrogen-bond donors (Lipinski definition) is 1. The van der Waals surface area contributed by atoms with Crippen LogP contribution in [0.3, 0.4) is 0 Å². The van der Waals surface area contributed by atoms with Crippen LogP contribution in [0.5, 0.6) is 0 Å². The first-order valence-electron chi connectivity index (χ1n) is 34.0. The molecule has 0 saturated carbocycles. The van der Waals surface area contributed by atoms with Crippen molar-refractivity contribution in [3.05, 3.63) is 97.2 Å². The normalized spacial score (nSPS) is 13.8. The summed E-state index contributed by atoms with van der Waals surface area (Å²) >= 11 is 0. The topological polar surface area (TPSA) is 108 Å². The Kier molecular flexibility index (Phi) is 60.1. The summed E-state index contributed by atoms with van der Waals surface area (Å²) in [6, 6.07) is 0. The summed E-state index contributed by atoms with van der Waals surface area (Å²) in [5.41, 5.74) is 0. The molecule has 9 nitrogen and oxygen atoms in total. The maximum Gasteiger partial charge on any atom is 0.472 e. The summed E-state index contributed by atoms with van der Waals surface area (Å²) in [5, 5.41) is 0. The standard InChI is InChI=1S/C72H128NO8P/c1-6-8-10-12-14-16-18-20-22-24-26-28-29-30-31-32-33-34-35-36-37-38-39-40-41-42-43-45-47-49-51-53-55-57-59-61-63-65-72(75)81-70(69-80-82(76,77)79-67-66-73(3,4)5)68-78-71(74)64-62-60-58-56-54-52-50-48-46-44-27-25-23-21-19-17-15-13-11-9-7-2/h8,10,14,16,20,22,25-28,30-31,33-34,36-37,70H,6-7,9,11-13,15,17-19,21,23-24,29,32,35,38-69H2,1-5H3/p+1/b10-8-,16-14-,22-20-,27-25-,28-26-,31-30-,34-33-,37-36-. The number of nitrogens with zero attached hydrogens (tertiary/aromatic N) is 1. The van der Waals surface area contributed by atoms with Crippen LogP contribution >= 0.6 is 7.82 Å². The number of carbonyl (C=O) groups is 2. The average molecular weight is 1170 g/mol. The highest BCUT2D eigenvalue weighted by molar-refractivity contribution is 7.47. The van der Waals surface area contributed by atoms with Gasteiger partial charge in [-0.25, -0.2) is 4.57 Å². The SMILES string of the molecule is CC/C=C\C/C=C\C/C=C\C/C=C\C/C=C\C/C=C\C/C=C\CCCCCCCCCCCCCCCCCC(=O)OC(COC(=O)CCCCCCCCCCC/C=C\CCCCCCCCCC)COP(=O)(O)OCC[N+](C)(C)C. The Labute approximate surface area is 506 Å². The summed E-state index contributed by atoms with van der Waals surface area (Å²) in [4.78, 5) is 35.8. The first kappa shape index (κ1) is 78.9. The van der Waals surface area contributed by atoms with Gasteiger partial charge in [0.2, 0.25) is 0 Å². The van der Waals surface area contributed by atoms with Crippen LogP contribution in [0.1, 0.15) is 296 Å². The van der Waals surface area contributed by atoms with Gasteiger partial charge in [-0.15, -0.1) is 0 Å². The second-order valence-corrected chi connectivity index (χ2v) is 25.3. The van der Waals surface area contributed by atoms with Crippen molar-refractivity contribution in [2.45, 2.75) is 302 Å². The zero-order valence-electron chi connectivity index (χ0n) is 54.0. The third kappa shape index (κ3) is 66.1. The maximum atomic E-state index is 12.9. The highest BCUT2D eigenvalue weighted by Gasteiger charge is 2.27. The van der Waals surface area contributed by atoms with Crippen LogP contribution in [0, 0.1) is 0 Å². The molecule has 474 valence electrons. The molecule has 0 aliphatic carbocycles. The van der Waals surface area contributed by atoms with E-state index >= 15 is 0 Å². The minimum atomic E-state index is -4.39. The van der Waals surface area contributed by atoms with Crippen molar-refractivity contribution in [1.29, 1.82) is 0 Å². The Morgan fingerprint density at radius 1 is 0.390 bits per heavy atom. The van der Waals surface area contributed by atoms with Gasteiger partial charge in [-0.2, -0.15) is 0 Å². The van der Waals surface area contributed by atoms with Gasteiger partial charge in [0.1, 0.15) is 19.8 Å². The third-order valence-electron chi connectivity index (χ3n) is 14.6. The van der Waals surface area contributed by atoms with E-state index in [1.807, 2.05) is 21.1 Å². The van der Waals surface area contributed by atoms with E-state index in [2.05, 4.69) is 111 Å². The van der Waals surface area contributed by atoms with E-state index in [1.165, 1.54) is 180 Å². The van der Waals surface area contributed by atoms with Gasteiger partial charge in [-0.1, -0.05) is 284 Å². The maximum absolute atomic E-state index is 12.9. The molecule has 0 aromatic rings. The van der Waals surface area contributed by atoms with Gasteiger partial charge in [0.05, 0.1) is 27.7 Å². The monoisotopic (exact) mass is 1170 g/mol. The van der Waals surface area contributed by atoms with Gasteiger partial charge in [0.15, 0.2) is 6.10 Å². The van der Waals surface area contributed by atoms with Crippen LogP contribution in [0.15, 0.2) is 97.2 Å². The van der Waals surface area contributed by atoms with Crippen molar-refractivity contribution in [3.8, 4) is 0 Å². The van der Waals surface area contributed by atoms with Crippen molar-refractivity contribution in [1.82, 2.24) is 0 Å². The summed E-state index contributed by atoms with van der Waals surface area (Å²) < 4.78 is 34.7. The van der Waals surface area contributed by atoms with E-state index in [0.717, 1.165) is 83.5 Å². The molecular formula is C72H129NO8P+. The molecular weight excluding hydrogens is 1040 g/mol. The molecule has 0 bridgehead atoms. The molecule has 0 aromatic heterocycles. The van der Waals surface area contributed by atoms with E-state index in [0.29, 0.717) is 17.4 Å². The van der Waals surface area contributed by atoms with Crippen molar-refractivity contribution in [2.24, 2.45) is 0 Å². The summed E-state index contributed by atoms with van der Waals surface area (Å²) in [6.45, 7) is 4.34. The molecule has 0 aromatic carbocycles. The second-order valence-electron chi connectivity index (χ2n) is 23.8. The van der Waals surface area contributed by atoms with E-state index in [4.69, 9.17) is 18.5 Å². The quantitative estimate of drug-likeness (QED) is 0.0211. The molecule has 82 heavy (non-hydrogen) atoms. The Morgan fingerprint density at radius 2 is 0.695 bits per heavy atom. The molecule has 0 spiro atoms. The molecule has 0 saturated heterocycles. The average Bonchev–Trinajstić information content (AvgIpc) is 3.46. The van der Waals surface area contributed by atoms with Gasteiger partial charge < -0.3 is 18.9 Å². The van der Waals surface area contributed by atoms with E-state index in [9.17, 15) is 19.0 Å². The van der Waals surface area contributed by atoms with Crippen LogP contribution in [-0.2, 0) is 32.7 Å². The molecule has 2 atom stereocenters. The summed E-state index contributed by atoms with van der Waals surface area (Å²) in [7, 11) is 1.48.